The Hall–Kier alpha value is -4.48. The number of hydrogen-bond acceptors (Lipinski definition) is 5. The molecule has 1 N–H and O–H groups in total. The standard InChI is InChI=1S/C61H94O5/c1-3-5-7-9-11-13-15-17-18-19-20-21-22-23-24-25-26-27-28-29-30-31-32-33-34-35-36-37-38-39-40-41-42-44-46-48-50-52-54-56-61(64)66-59(57-62)58-65-60(63)55-53-51-49-47-45-43-16-14-12-10-8-6-4-2/h5,7-8,10-11,13-14,16-18,20-21,23-24,26-27,29-30,32-33,35-36,38-39,41-42,59,62H,3-4,6,9,12,15,19,22,25,28,31,34,37,40,43-58H2,1-2H3/b7-5-,10-8-,13-11-,16-14-,18-17-,21-20-,24-23-,27-26-,30-29-,33-32-,36-35-,39-38-,42-41-. The lowest BCUT2D eigenvalue weighted by Crippen LogP contribution is -2.28. The summed E-state index contributed by atoms with van der Waals surface area (Å²) in [6.07, 6.45) is 84.8. The summed E-state index contributed by atoms with van der Waals surface area (Å²) in [5, 5.41) is 9.60. The van der Waals surface area contributed by atoms with E-state index in [1.165, 1.54) is 12.8 Å². The number of aliphatic hydroxyl groups is 1. The lowest BCUT2D eigenvalue weighted by atomic mass is 10.1. The maximum atomic E-state index is 12.2. The summed E-state index contributed by atoms with van der Waals surface area (Å²) in [6, 6.07) is 0. The van der Waals surface area contributed by atoms with E-state index in [4.69, 9.17) is 9.47 Å². The Bertz CT molecular complexity index is 1490. The van der Waals surface area contributed by atoms with E-state index in [2.05, 4.69) is 172 Å². The van der Waals surface area contributed by atoms with Gasteiger partial charge in [0.25, 0.3) is 0 Å². The van der Waals surface area contributed by atoms with E-state index in [1.807, 2.05) is 0 Å². The third-order valence-corrected chi connectivity index (χ3v) is 10.3. The number of aliphatic hydroxyl groups excluding tert-OH is 1. The van der Waals surface area contributed by atoms with Gasteiger partial charge in [-0.15, -0.1) is 0 Å². The number of esters is 2. The quantitative estimate of drug-likeness (QED) is 0.0374. The van der Waals surface area contributed by atoms with E-state index < -0.39 is 6.10 Å². The normalized spacial score (nSPS) is 13.6. The molecule has 0 aromatic heterocycles. The highest BCUT2D eigenvalue weighted by Gasteiger charge is 2.16. The van der Waals surface area contributed by atoms with Crippen molar-refractivity contribution < 1.29 is 24.2 Å². The largest absolute Gasteiger partial charge is 0.462 e. The molecule has 0 rings (SSSR count). The van der Waals surface area contributed by atoms with Gasteiger partial charge in [0.05, 0.1) is 6.61 Å². The first kappa shape index (κ1) is 61.5. The summed E-state index contributed by atoms with van der Waals surface area (Å²) >= 11 is 0. The van der Waals surface area contributed by atoms with Crippen LogP contribution in [-0.2, 0) is 19.1 Å². The number of unbranched alkanes of at least 4 members (excludes halogenated alkanes) is 11. The van der Waals surface area contributed by atoms with Gasteiger partial charge in [-0.1, -0.05) is 217 Å². The van der Waals surface area contributed by atoms with Crippen molar-refractivity contribution in [2.24, 2.45) is 0 Å². The van der Waals surface area contributed by atoms with E-state index in [9.17, 15) is 14.7 Å². The van der Waals surface area contributed by atoms with Gasteiger partial charge in [0.2, 0.25) is 0 Å². The van der Waals surface area contributed by atoms with E-state index in [0.717, 1.165) is 154 Å². The van der Waals surface area contributed by atoms with Crippen LogP contribution in [0.1, 0.15) is 194 Å². The predicted molar refractivity (Wildman–Crippen MR) is 287 cm³/mol. The number of rotatable bonds is 45. The summed E-state index contributed by atoms with van der Waals surface area (Å²) in [4.78, 5) is 24.4. The van der Waals surface area contributed by atoms with Crippen LogP contribution in [-0.4, -0.2) is 36.4 Å². The molecule has 0 amide bonds. The van der Waals surface area contributed by atoms with E-state index in [0.29, 0.717) is 12.8 Å². The summed E-state index contributed by atoms with van der Waals surface area (Å²) < 4.78 is 10.6. The Morgan fingerprint density at radius 2 is 0.652 bits per heavy atom. The zero-order chi connectivity index (χ0) is 47.7. The fourth-order valence-corrected chi connectivity index (χ4v) is 6.42. The highest BCUT2D eigenvalue weighted by Crippen LogP contribution is 2.11. The van der Waals surface area contributed by atoms with Crippen molar-refractivity contribution in [3.05, 3.63) is 158 Å². The van der Waals surface area contributed by atoms with E-state index in [-0.39, 0.29) is 25.2 Å². The molecule has 368 valence electrons. The lowest BCUT2D eigenvalue weighted by molar-refractivity contribution is -0.161. The van der Waals surface area contributed by atoms with Crippen LogP contribution in [0.15, 0.2) is 158 Å². The maximum Gasteiger partial charge on any atom is 0.306 e. The third-order valence-electron chi connectivity index (χ3n) is 10.3. The molecule has 0 saturated carbocycles. The molecular formula is C61H94O5. The average Bonchev–Trinajstić information content (AvgIpc) is 3.32. The minimum atomic E-state index is -0.799. The van der Waals surface area contributed by atoms with Crippen LogP contribution in [0.4, 0.5) is 0 Å². The number of ether oxygens (including phenoxy) is 2. The number of carbonyl (C=O) groups excluding carboxylic acids is 2. The van der Waals surface area contributed by atoms with Gasteiger partial charge in [-0.05, 0) is 122 Å². The first-order valence-corrected chi connectivity index (χ1v) is 26.0. The van der Waals surface area contributed by atoms with E-state index >= 15 is 0 Å². The maximum absolute atomic E-state index is 12.2. The minimum absolute atomic E-state index is 0.0913. The SMILES string of the molecule is CC/C=C\C/C=C\C/C=C\C/C=C\C/C=C\C/C=C\C/C=C\C/C=C\C/C=C\C/C=C\C/C=C\CCCCCCCC(=O)OC(CO)COC(=O)CCCCCCC/C=C\C/C=C\CCC. The molecule has 0 aromatic carbocycles. The van der Waals surface area contributed by atoms with E-state index in [1.54, 1.807) is 0 Å². The van der Waals surface area contributed by atoms with Crippen LogP contribution in [0.3, 0.4) is 0 Å². The Labute approximate surface area is 405 Å². The first-order valence-electron chi connectivity index (χ1n) is 26.0. The van der Waals surface area contributed by atoms with Crippen LogP contribution >= 0.6 is 0 Å². The van der Waals surface area contributed by atoms with Crippen molar-refractivity contribution in [2.75, 3.05) is 13.2 Å². The Balaban J connectivity index is 3.68. The Morgan fingerprint density at radius 3 is 0.985 bits per heavy atom. The topological polar surface area (TPSA) is 72.8 Å². The second-order valence-electron chi connectivity index (χ2n) is 16.5. The molecule has 0 aromatic rings. The molecule has 0 aliphatic rings. The summed E-state index contributed by atoms with van der Waals surface area (Å²) in [7, 11) is 0. The van der Waals surface area contributed by atoms with Gasteiger partial charge < -0.3 is 14.6 Å². The molecule has 0 radical (unpaired) electrons. The lowest BCUT2D eigenvalue weighted by Gasteiger charge is -2.15. The second-order valence-corrected chi connectivity index (χ2v) is 16.5. The van der Waals surface area contributed by atoms with Crippen molar-refractivity contribution in [1.82, 2.24) is 0 Å². The molecule has 0 bridgehead atoms. The zero-order valence-electron chi connectivity index (χ0n) is 41.9. The average molecular weight is 907 g/mol. The van der Waals surface area contributed by atoms with Crippen molar-refractivity contribution in [1.29, 1.82) is 0 Å². The highest BCUT2D eigenvalue weighted by atomic mass is 16.6. The fraction of sp³-hybridized carbons (Fsp3) is 0.541. The van der Waals surface area contributed by atoms with Crippen molar-refractivity contribution in [2.45, 2.75) is 200 Å². The number of allylic oxidation sites excluding steroid dienone is 26. The molecule has 5 nitrogen and oxygen atoms in total. The Morgan fingerprint density at radius 1 is 0.364 bits per heavy atom. The molecule has 5 heteroatoms. The fourth-order valence-electron chi connectivity index (χ4n) is 6.42. The van der Waals surface area contributed by atoms with Crippen LogP contribution in [0.5, 0.6) is 0 Å². The van der Waals surface area contributed by atoms with Gasteiger partial charge in [0.15, 0.2) is 6.10 Å². The van der Waals surface area contributed by atoms with Gasteiger partial charge in [0.1, 0.15) is 6.61 Å². The smallest absolute Gasteiger partial charge is 0.306 e. The van der Waals surface area contributed by atoms with Crippen molar-refractivity contribution in [3.8, 4) is 0 Å². The molecule has 1 atom stereocenters. The molecule has 1 unspecified atom stereocenters. The second kappa shape index (κ2) is 54.9. The highest BCUT2D eigenvalue weighted by molar-refractivity contribution is 5.70. The first-order chi connectivity index (χ1) is 32.6. The zero-order valence-corrected chi connectivity index (χ0v) is 41.9. The molecule has 0 saturated heterocycles. The van der Waals surface area contributed by atoms with Crippen molar-refractivity contribution >= 4 is 11.9 Å². The number of hydrogen-bond donors (Lipinski definition) is 1. The molecule has 0 spiro atoms. The Kier molecular flexibility index (Phi) is 51.1. The molecule has 0 heterocycles. The van der Waals surface area contributed by atoms with Crippen LogP contribution in [0.2, 0.25) is 0 Å². The van der Waals surface area contributed by atoms with Gasteiger partial charge in [-0.2, -0.15) is 0 Å². The minimum Gasteiger partial charge on any atom is -0.462 e. The van der Waals surface area contributed by atoms with Gasteiger partial charge in [0, 0.05) is 12.8 Å². The van der Waals surface area contributed by atoms with Crippen LogP contribution in [0.25, 0.3) is 0 Å². The van der Waals surface area contributed by atoms with Gasteiger partial charge in [-0.25, -0.2) is 0 Å². The number of carbonyl (C=O) groups is 2. The molecule has 0 fully saturated rings. The van der Waals surface area contributed by atoms with Gasteiger partial charge in [-0.3, -0.25) is 9.59 Å². The summed E-state index contributed by atoms with van der Waals surface area (Å²) in [5.74, 6) is -0.644. The van der Waals surface area contributed by atoms with Crippen LogP contribution in [0, 0.1) is 0 Å². The molecule has 0 aliphatic heterocycles. The molecular weight excluding hydrogens is 813 g/mol. The van der Waals surface area contributed by atoms with Gasteiger partial charge >= 0.3 is 11.9 Å². The summed E-state index contributed by atoms with van der Waals surface area (Å²) in [6.45, 7) is 3.91. The summed E-state index contributed by atoms with van der Waals surface area (Å²) in [5.41, 5.74) is 0. The van der Waals surface area contributed by atoms with Crippen molar-refractivity contribution in [3.63, 3.8) is 0 Å². The predicted octanol–water partition coefficient (Wildman–Crippen LogP) is 17.6. The molecule has 0 aliphatic carbocycles. The monoisotopic (exact) mass is 907 g/mol. The van der Waals surface area contributed by atoms with Crippen LogP contribution < -0.4 is 0 Å². The molecule has 66 heavy (non-hydrogen) atoms. The third kappa shape index (κ3) is 52.1.